The fraction of sp³-hybridized carbons (Fsp3) is 0.647. The Hall–Kier alpha value is -1.06. The van der Waals surface area contributed by atoms with E-state index >= 15 is 0 Å². The first-order valence-corrected chi connectivity index (χ1v) is 7.40. The summed E-state index contributed by atoms with van der Waals surface area (Å²) in [5.41, 5.74) is 1.22. The molecule has 0 amide bonds. The molecule has 1 rings (SSSR count). The minimum atomic E-state index is -0.0401. The van der Waals surface area contributed by atoms with Crippen molar-refractivity contribution < 1.29 is 9.84 Å². The summed E-state index contributed by atoms with van der Waals surface area (Å²) in [5, 5.41) is 9.75. The van der Waals surface area contributed by atoms with Crippen molar-refractivity contribution in [1.82, 2.24) is 4.90 Å². The summed E-state index contributed by atoms with van der Waals surface area (Å²) in [7, 11) is 5.88. The van der Waals surface area contributed by atoms with Gasteiger partial charge < -0.3 is 14.7 Å². The average Bonchev–Trinajstić information content (AvgIpc) is 2.45. The lowest BCUT2D eigenvalue weighted by atomic mass is 9.68. The van der Waals surface area contributed by atoms with Crippen molar-refractivity contribution in [1.29, 1.82) is 0 Å². The van der Waals surface area contributed by atoms with Crippen LogP contribution in [-0.4, -0.2) is 44.4 Å². The van der Waals surface area contributed by atoms with Crippen molar-refractivity contribution in [2.45, 2.75) is 32.1 Å². The normalized spacial score (nSPS) is 15.9. The molecule has 0 bridgehead atoms. The zero-order valence-electron chi connectivity index (χ0n) is 13.5. The predicted octanol–water partition coefficient (Wildman–Crippen LogP) is 2.92. The number of aliphatic hydroxyl groups is 1. The maximum absolute atomic E-state index is 9.75. The van der Waals surface area contributed by atoms with Crippen LogP contribution in [0.15, 0.2) is 24.3 Å². The monoisotopic (exact) mass is 279 g/mol. The van der Waals surface area contributed by atoms with Crippen LogP contribution in [-0.2, 0) is 5.41 Å². The largest absolute Gasteiger partial charge is 0.497 e. The first-order valence-electron chi connectivity index (χ1n) is 7.40. The Balaban J connectivity index is 3.30. The number of likely N-dealkylation sites (N-methyl/N-ethyl adjacent to an activating group) is 1. The number of hydrogen-bond acceptors (Lipinski definition) is 3. The van der Waals surface area contributed by atoms with Gasteiger partial charge in [-0.2, -0.15) is 0 Å². The third-order valence-corrected chi connectivity index (χ3v) is 4.16. The molecule has 0 aromatic heterocycles. The fourth-order valence-electron chi connectivity index (χ4n) is 3.12. The van der Waals surface area contributed by atoms with E-state index in [4.69, 9.17) is 4.74 Å². The Labute approximate surface area is 123 Å². The molecule has 0 aliphatic rings. The second-order valence-electron chi connectivity index (χ2n) is 5.96. The van der Waals surface area contributed by atoms with Crippen LogP contribution in [0.1, 0.15) is 32.3 Å². The van der Waals surface area contributed by atoms with Gasteiger partial charge in [-0.15, -0.1) is 0 Å². The Morgan fingerprint density at radius 2 is 2.05 bits per heavy atom. The molecule has 0 aliphatic heterocycles. The molecule has 3 heteroatoms. The van der Waals surface area contributed by atoms with Crippen LogP contribution in [0.2, 0.25) is 0 Å². The summed E-state index contributed by atoms with van der Waals surface area (Å²) in [6.45, 7) is 5.47. The van der Waals surface area contributed by atoms with Crippen LogP contribution in [0.4, 0.5) is 0 Å². The molecular weight excluding hydrogens is 250 g/mol. The van der Waals surface area contributed by atoms with Gasteiger partial charge in [-0.05, 0) is 44.1 Å². The quantitative estimate of drug-likeness (QED) is 0.794. The minimum absolute atomic E-state index is 0.0401. The lowest BCUT2D eigenvalue weighted by molar-refractivity contribution is 0.124. The second-order valence-corrected chi connectivity index (χ2v) is 5.96. The van der Waals surface area contributed by atoms with E-state index in [1.165, 1.54) is 5.56 Å². The van der Waals surface area contributed by atoms with Gasteiger partial charge in [0.2, 0.25) is 0 Å². The first-order chi connectivity index (χ1) is 9.50. The average molecular weight is 279 g/mol. The van der Waals surface area contributed by atoms with Crippen molar-refractivity contribution in [3.63, 3.8) is 0 Å². The number of nitrogens with zero attached hydrogens (tertiary/aromatic N) is 1. The summed E-state index contributed by atoms with van der Waals surface area (Å²) in [5.74, 6) is 1.09. The molecule has 20 heavy (non-hydrogen) atoms. The van der Waals surface area contributed by atoms with Gasteiger partial charge in [0.15, 0.2) is 0 Å². The molecular formula is C17H29NO2. The molecule has 0 saturated carbocycles. The zero-order valence-corrected chi connectivity index (χ0v) is 13.5. The highest BCUT2D eigenvalue weighted by molar-refractivity contribution is 5.35. The standard InChI is InChI=1S/C17H29NO2/c1-6-10-17(13-18(3)4,14(2)12-19)15-8-7-9-16(11-15)20-5/h7-9,11,14,19H,6,10,12-13H2,1-5H3/t14-,17+/m1/s1. The van der Waals surface area contributed by atoms with E-state index in [-0.39, 0.29) is 17.9 Å². The number of aliphatic hydroxyl groups excluding tert-OH is 1. The topological polar surface area (TPSA) is 32.7 Å². The van der Waals surface area contributed by atoms with Crippen LogP contribution in [0.5, 0.6) is 5.75 Å². The maximum atomic E-state index is 9.75. The van der Waals surface area contributed by atoms with Gasteiger partial charge in [-0.25, -0.2) is 0 Å². The third-order valence-electron chi connectivity index (χ3n) is 4.16. The van der Waals surface area contributed by atoms with Crippen LogP contribution in [0.25, 0.3) is 0 Å². The Morgan fingerprint density at radius 3 is 2.55 bits per heavy atom. The molecule has 0 radical (unpaired) electrons. The molecule has 114 valence electrons. The number of ether oxygens (including phenoxy) is 1. The molecule has 1 aromatic rings. The fourth-order valence-corrected chi connectivity index (χ4v) is 3.12. The van der Waals surface area contributed by atoms with Gasteiger partial charge in [-0.1, -0.05) is 32.4 Å². The molecule has 2 atom stereocenters. The zero-order chi connectivity index (χ0) is 15.2. The molecule has 0 saturated heterocycles. The van der Waals surface area contributed by atoms with Gasteiger partial charge >= 0.3 is 0 Å². The molecule has 0 aliphatic carbocycles. The number of hydrogen-bond donors (Lipinski definition) is 1. The second kappa shape index (κ2) is 7.65. The van der Waals surface area contributed by atoms with E-state index < -0.39 is 0 Å². The van der Waals surface area contributed by atoms with Crippen molar-refractivity contribution in [3.05, 3.63) is 29.8 Å². The van der Waals surface area contributed by atoms with Crippen LogP contribution >= 0.6 is 0 Å². The molecule has 1 aromatic carbocycles. The molecule has 1 N–H and O–H groups in total. The first kappa shape index (κ1) is 17.0. The summed E-state index contributed by atoms with van der Waals surface area (Å²) in [4.78, 5) is 2.21. The predicted molar refractivity (Wildman–Crippen MR) is 84.4 cm³/mol. The molecule has 0 spiro atoms. The van der Waals surface area contributed by atoms with E-state index in [2.05, 4.69) is 45.0 Å². The summed E-state index contributed by atoms with van der Waals surface area (Å²) < 4.78 is 5.37. The summed E-state index contributed by atoms with van der Waals surface area (Å²) in [6.07, 6.45) is 2.15. The van der Waals surface area contributed by atoms with E-state index in [0.717, 1.165) is 25.1 Å². The van der Waals surface area contributed by atoms with Gasteiger partial charge in [-0.3, -0.25) is 0 Å². The van der Waals surface area contributed by atoms with E-state index in [1.807, 2.05) is 12.1 Å². The molecule has 0 heterocycles. The van der Waals surface area contributed by atoms with Crippen molar-refractivity contribution in [2.75, 3.05) is 34.4 Å². The number of rotatable bonds is 8. The summed E-state index contributed by atoms with van der Waals surface area (Å²) >= 11 is 0. The minimum Gasteiger partial charge on any atom is -0.497 e. The van der Waals surface area contributed by atoms with Crippen LogP contribution < -0.4 is 4.74 Å². The van der Waals surface area contributed by atoms with Crippen molar-refractivity contribution in [3.8, 4) is 5.75 Å². The molecule has 0 fully saturated rings. The maximum Gasteiger partial charge on any atom is 0.119 e. The van der Waals surface area contributed by atoms with E-state index in [0.29, 0.717) is 0 Å². The SMILES string of the molecule is CCC[C@@](CN(C)C)(c1cccc(OC)c1)[C@H](C)CO. The molecule has 3 nitrogen and oxygen atoms in total. The van der Waals surface area contributed by atoms with Gasteiger partial charge in [0.05, 0.1) is 7.11 Å². The smallest absolute Gasteiger partial charge is 0.119 e. The van der Waals surface area contributed by atoms with Crippen molar-refractivity contribution in [2.24, 2.45) is 5.92 Å². The molecule has 0 unspecified atom stereocenters. The van der Waals surface area contributed by atoms with Crippen molar-refractivity contribution >= 4 is 0 Å². The van der Waals surface area contributed by atoms with Gasteiger partial charge in [0.25, 0.3) is 0 Å². The number of benzene rings is 1. The summed E-state index contributed by atoms with van der Waals surface area (Å²) in [6, 6.07) is 8.29. The van der Waals surface area contributed by atoms with Gasteiger partial charge in [0.1, 0.15) is 5.75 Å². The lowest BCUT2D eigenvalue weighted by Crippen LogP contribution is -2.44. The Kier molecular flexibility index (Phi) is 6.50. The lowest BCUT2D eigenvalue weighted by Gasteiger charge is -2.41. The van der Waals surface area contributed by atoms with Gasteiger partial charge in [0, 0.05) is 18.6 Å². The highest BCUT2D eigenvalue weighted by atomic mass is 16.5. The van der Waals surface area contributed by atoms with E-state index in [9.17, 15) is 5.11 Å². The Bertz CT molecular complexity index is 406. The van der Waals surface area contributed by atoms with E-state index in [1.54, 1.807) is 7.11 Å². The Morgan fingerprint density at radius 1 is 1.35 bits per heavy atom. The third kappa shape index (κ3) is 3.74. The highest BCUT2D eigenvalue weighted by Crippen LogP contribution is 2.38. The van der Waals surface area contributed by atoms with Crippen LogP contribution in [0, 0.1) is 5.92 Å². The van der Waals surface area contributed by atoms with Crippen LogP contribution in [0.3, 0.4) is 0 Å². The highest BCUT2D eigenvalue weighted by Gasteiger charge is 2.37. The number of methoxy groups -OCH3 is 1.